The molecule has 1 atom stereocenters. The molecular weight excluding hydrogens is 453 g/mol. The van der Waals surface area contributed by atoms with Gasteiger partial charge in [-0.2, -0.15) is 0 Å². The predicted octanol–water partition coefficient (Wildman–Crippen LogP) is 2.15. The van der Waals surface area contributed by atoms with Crippen LogP contribution >= 0.6 is 11.3 Å². The predicted molar refractivity (Wildman–Crippen MR) is 111 cm³/mol. The maximum Gasteiger partial charge on any atom is 0.263 e. The van der Waals surface area contributed by atoms with E-state index >= 15 is 0 Å². The van der Waals surface area contributed by atoms with E-state index in [1.807, 2.05) is 0 Å². The number of carbonyl (C=O) groups is 1. The first-order chi connectivity index (χ1) is 14.1. The molecule has 2 aromatic carbocycles. The zero-order valence-corrected chi connectivity index (χ0v) is 17.8. The van der Waals surface area contributed by atoms with Crippen LogP contribution in [-0.2, 0) is 19.9 Å². The molecule has 1 saturated heterocycles. The van der Waals surface area contributed by atoms with E-state index in [0.29, 0.717) is 22.2 Å². The van der Waals surface area contributed by atoms with Gasteiger partial charge >= 0.3 is 0 Å². The van der Waals surface area contributed by atoms with E-state index < -0.39 is 37.6 Å². The van der Waals surface area contributed by atoms with Crippen LogP contribution in [0.15, 0.2) is 47.4 Å². The molecule has 1 aliphatic rings. The van der Waals surface area contributed by atoms with Crippen LogP contribution in [0.25, 0.3) is 10.2 Å². The maximum absolute atomic E-state index is 13.0. The van der Waals surface area contributed by atoms with Crippen molar-refractivity contribution < 1.29 is 26.0 Å². The molecule has 158 valence electrons. The van der Waals surface area contributed by atoms with Crippen molar-refractivity contribution in [1.29, 1.82) is 0 Å². The average Bonchev–Trinajstić information content (AvgIpc) is 3.22. The zero-order valence-electron chi connectivity index (χ0n) is 15.3. The molecule has 0 saturated carbocycles. The second-order valence-corrected chi connectivity index (χ2v) is 11.8. The number of carbonyl (C=O) groups excluding carboxylic acids is 1. The molecule has 1 amide bonds. The first kappa shape index (κ1) is 20.7. The van der Waals surface area contributed by atoms with Crippen LogP contribution in [0.5, 0.6) is 0 Å². The second-order valence-electron chi connectivity index (χ2n) is 6.83. The molecule has 2 heterocycles. The minimum absolute atomic E-state index is 0.0589. The summed E-state index contributed by atoms with van der Waals surface area (Å²) in [6, 6.07) is 8.67. The van der Waals surface area contributed by atoms with Crippen molar-refractivity contribution in [2.24, 2.45) is 0 Å². The molecule has 0 bridgehead atoms. The Morgan fingerprint density at radius 3 is 2.57 bits per heavy atom. The smallest absolute Gasteiger partial charge is 0.263 e. The Morgan fingerprint density at radius 1 is 1.17 bits per heavy atom. The number of hydrogen-bond acceptors (Lipinski definition) is 7. The summed E-state index contributed by atoms with van der Waals surface area (Å²) in [5.41, 5.74) is 0.820. The standard InChI is InChI=1S/C18H16FN3O5S3/c19-12-2-4-14(5-3-12)30(26,27)22-18-21-15-6-1-11(9-16(15)28-18)17(23)20-13-7-8-29(24,25)10-13/h1-6,9,13H,7-8,10H2,(H,20,23)(H,21,22). The highest BCUT2D eigenvalue weighted by Gasteiger charge is 2.29. The Bertz CT molecular complexity index is 1340. The van der Waals surface area contributed by atoms with Gasteiger partial charge in [0.15, 0.2) is 15.0 Å². The van der Waals surface area contributed by atoms with Gasteiger partial charge in [0.1, 0.15) is 5.82 Å². The number of sulfonamides is 1. The number of nitrogens with zero attached hydrogens (tertiary/aromatic N) is 1. The Morgan fingerprint density at radius 2 is 1.90 bits per heavy atom. The van der Waals surface area contributed by atoms with E-state index in [0.717, 1.165) is 35.6 Å². The van der Waals surface area contributed by atoms with Crippen LogP contribution in [0.3, 0.4) is 0 Å². The molecule has 1 aromatic heterocycles. The molecule has 30 heavy (non-hydrogen) atoms. The molecule has 1 aliphatic heterocycles. The lowest BCUT2D eigenvalue weighted by atomic mass is 10.2. The summed E-state index contributed by atoms with van der Waals surface area (Å²) >= 11 is 1.04. The van der Waals surface area contributed by atoms with Crippen molar-refractivity contribution in [3.05, 3.63) is 53.8 Å². The van der Waals surface area contributed by atoms with Gasteiger partial charge in [-0.15, -0.1) is 0 Å². The first-order valence-electron chi connectivity index (χ1n) is 8.82. The fourth-order valence-electron chi connectivity index (χ4n) is 3.07. The van der Waals surface area contributed by atoms with E-state index in [1.165, 1.54) is 0 Å². The number of sulfone groups is 1. The van der Waals surface area contributed by atoms with E-state index in [2.05, 4.69) is 15.0 Å². The highest BCUT2D eigenvalue weighted by atomic mass is 32.2. The molecule has 0 aliphatic carbocycles. The first-order valence-corrected chi connectivity index (χ1v) is 12.9. The largest absolute Gasteiger partial charge is 0.348 e. The number of fused-ring (bicyclic) bond motifs is 1. The van der Waals surface area contributed by atoms with Gasteiger partial charge in [0, 0.05) is 11.6 Å². The number of anilines is 1. The number of halogens is 1. The average molecular weight is 470 g/mol. The molecule has 3 aromatic rings. The van der Waals surface area contributed by atoms with Gasteiger partial charge in [0.05, 0.1) is 26.6 Å². The molecule has 1 fully saturated rings. The number of hydrogen-bond donors (Lipinski definition) is 2. The highest BCUT2D eigenvalue weighted by molar-refractivity contribution is 7.93. The van der Waals surface area contributed by atoms with Crippen molar-refractivity contribution in [3.63, 3.8) is 0 Å². The van der Waals surface area contributed by atoms with E-state index in [4.69, 9.17) is 0 Å². The third-order valence-corrected chi connectivity index (χ3v) is 8.75. The number of aromatic nitrogens is 1. The molecular formula is C18H16FN3O5S3. The quantitative estimate of drug-likeness (QED) is 0.590. The van der Waals surface area contributed by atoms with E-state index in [9.17, 15) is 26.0 Å². The van der Waals surface area contributed by atoms with Gasteiger partial charge < -0.3 is 5.32 Å². The van der Waals surface area contributed by atoms with Crippen molar-refractivity contribution in [2.45, 2.75) is 17.4 Å². The number of amides is 1. The van der Waals surface area contributed by atoms with Gasteiger partial charge in [-0.25, -0.2) is 26.2 Å². The van der Waals surface area contributed by atoms with Crippen molar-refractivity contribution in [2.75, 3.05) is 16.2 Å². The van der Waals surface area contributed by atoms with Crippen LogP contribution in [0, 0.1) is 5.82 Å². The second kappa shape index (κ2) is 7.60. The summed E-state index contributed by atoms with van der Waals surface area (Å²) < 4.78 is 63.9. The van der Waals surface area contributed by atoms with Gasteiger partial charge in [-0.05, 0) is 48.9 Å². The van der Waals surface area contributed by atoms with Crippen LogP contribution in [0.1, 0.15) is 16.8 Å². The summed E-state index contributed by atoms with van der Waals surface area (Å²) in [7, 11) is -7.04. The fourth-order valence-corrected chi connectivity index (χ4v) is 6.89. The fraction of sp³-hybridized carbons (Fsp3) is 0.222. The minimum Gasteiger partial charge on any atom is -0.348 e. The molecule has 2 N–H and O–H groups in total. The maximum atomic E-state index is 13.0. The van der Waals surface area contributed by atoms with E-state index in [1.54, 1.807) is 18.2 Å². The lowest BCUT2D eigenvalue weighted by molar-refractivity contribution is 0.0941. The van der Waals surface area contributed by atoms with Crippen LogP contribution in [0.4, 0.5) is 9.52 Å². The number of rotatable bonds is 5. The zero-order chi connectivity index (χ0) is 21.5. The monoisotopic (exact) mass is 469 g/mol. The van der Waals surface area contributed by atoms with Crippen molar-refractivity contribution >= 4 is 52.5 Å². The summed E-state index contributed by atoms with van der Waals surface area (Å²) in [4.78, 5) is 16.5. The lowest BCUT2D eigenvalue weighted by Crippen LogP contribution is -2.35. The van der Waals surface area contributed by atoms with Gasteiger partial charge in [-0.1, -0.05) is 11.3 Å². The molecule has 0 spiro atoms. The third kappa shape index (κ3) is 4.45. The van der Waals surface area contributed by atoms with Gasteiger partial charge in [-0.3, -0.25) is 9.52 Å². The topological polar surface area (TPSA) is 122 Å². The molecule has 1 unspecified atom stereocenters. The summed E-state index contributed by atoms with van der Waals surface area (Å²) in [5.74, 6) is -0.962. The summed E-state index contributed by atoms with van der Waals surface area (Å²) in [6.07, 6.45) is 0.381. The lowest BCUT2D eigenvalue weighted by Gasteiger charge is -2.10. The Hall–Kier alpha value is -2.57. The third-order valence-electron chi connectivity index (χ3n) is 4.56. The van der Waals surface area contributed by atoms with Crippen LogP contribution < -0.4 is 10.0 Å². The molecule has 12 heteroatoms. The normalized spacial score (nSPS) is 18.4. The number of nitrogens with one attached hydrogen (secondary N) is 2. The Labute approximate surface area is 176 Å². The summed E-state index contributed by atoms with van der Waals surface area (Å²) in [5, 5.41) is 2.82. The van der Waals surface area contributed by atoms with Crippen molar-refractivity contribution in [1.82, 2.24) is 10.3 Å². The number of thiazole rings is 1. The van der Waals surface area contributed by atoms with Gasteiger partial charge in [0.2, 0.25) is 0 Å². The number of benzene rings is 2. The molecule has 0 radical (unpaired) electrons. The molecule has 4 rings (SSSR count). The SMILES string of the molecule is O=C(NC1CCS(=O)(=O)C1)c1ccc2nc(NS(=O)(=O)c3ccc(F)cc3)sc2c1. The Balaban J connectivity index is 1.52. The minimum atomic E-state index is -3.94. The van der Waals surface area contributed by atoms with Crippen LogP contribution in [0.2, 0.25) is 0 Å². The Kier molecular flexibility index (Phi) is 5.24. The van der Waals surface area contributed by atoms with E-state index in [-0.39, 0.29) is 21.5 Å². The van der Waals surface area contributed by atoms with Crippen LogP contribution in [-0.4, -0.2) is 45.3 Å². The molecule has 8 nitrogen and oxygen atoms in total. The van der Waals surface area contributed by atoms with Crippen molar-refractivity contribution in [3.8, 4) is 0 Å². The van der Waals surface area contributed by atoms with Gasteiger partial charge in [0.25, 0.3) is 15.9 Å². The highest BCUT2D eigenvalue weighted by Crippen LogP contribution is 2.28. The summed E-state index contributed by atoms with van der Waals surface area (Å²) in [6.45, 7) is 0.